The minimum Gasteiger partial charge on any atom is -0.462 e. The van der Waals surface area contributed by atoms with Gasteiger partial charge in [0.1, 0.15) is 5.00 Å². The summed E-state index contributed by atoms with van der Waals surface area (Å²) in [6.07, 6.45) is 3.57. The summed E-state index contributed by atoms with van der Waals surface area (Å²) in [6, 6.07) is 0. The molecule has 146 valence electrons. The number of nitrogens with one attached hydrogen (secondary N) is 2. The molecule has 2 heterocycles. The molecule has 2 aromatic heterocycles. The lowest BCUT2D eigenvalue weighted by Gasteiger charge is -2.08. The van der Waals surface area contributed by atoms with Gasteiger partial charge >= 0.3 is 11.7 Å². The molecule has 1 aliphatic rings. The lowest BCUT2D eigenvalue weighted by Crippen LogP contribution is -2.19. The third-order valence-corrected chi connectivity index (χ3v) is 6.34. The average Bonchev–Trinajstić information content (AvgIpc) is 3.29. The van der Waals surface area contributed by atoms with Crippen LogP contribution in [0.1, 0.15) is 47.5 Å². The molecule has 3 rings (SSSR count). The van der Waals surface area contributed by atoms with Crippen LogP contribution in [0.15, 0.2) is 9.95 Å². The predicted molar refractivity (Wildman–Crippen MR) is 105 cm³/mol. The number of aromatic nitrogens is 3. The van der Waals surface area contributed by atoms with Crippen LogP contribution in [0.25, 0.3) is 0 Å². The number of fused-ring (bicyclic) bond motifs is 1. The number of carbonyl (C=O) groups is 2. The lowest BCUT2D eigenvalue weighted by molar-refractivity contribution is -0.113. The van der Waals surface area contributed by atoms with Crippen LogP contribution in [0.4, 0.5) is 5.00 Å². The Bertz CT molecular complexity index is 899. The molecule has 1 amide bonds. The van der Waals surface area contributed by atoms with Crippen molar-refractivity contribution in [3.05, 3.63) is 26.5 Å². The number of carbonyl (C=O) groups excluding carboxylic acids is 2. The first-order chi connectivity index (χ1) is 13.0. The van der Waals surface area contributed by atoms with E-state index in [0.29, 0.717) is 28.9 Å². The summed E-state index contributed by atoms with van der Waals surface area (Å²) < 4.78 is 6.68. The Kier molecular flexibility index (Phi) is 6.38. The SMILES string of the molecule is CCCn1c(SCC(=O)Nc2sc3c(c2C(=O)OCC)CCC3)n[nH]c1=O. The molecule has 0 atom stereocenters. The maximum Gasteiger partial charge on any atom is 0.343 e. The van der Waals surface area contributed by atoms with E-state index in [1.807, 2.05) is 6.92 Å². The number of anilines is 1. The highest BCUT2D eigenvalue weighted by molar-refractivity contribution is 7.99. The van der Waals surface area contributed by atoms with E-state index in [1.54, 1.807) is 6.92 Å². The number of thioether (sulfide) groups is 1. The van der Waals surface area contributed by atoms with E-state index in [4.69, 9.17) is 4.74 Å². The number of amides is 1. The Morgan fingerprint density at radius 2 is 2.19 bits per heavy atom. The van der Waals surface area contributed by atoms with E-state index in [0.717, 1.165) is 36.1 Å². The molecular formula is C17H22N4O4S2. The van der Waals surface area contributed by atoms with E-state index in [2.05, 4.69) is 15.5 Å². The van der Waals surface area contributed by atoms with Gasteiger partial charge in [-0.1, -0.05) is 18.7 Å². The van der Waals surface area contributed by atoms with Crippen LogP contribution >= 0.6 is 23.1 Å². The number of aromatic amines is 1. The van der Waals surface area contributed by atoms with Crippen LogP contribution in [-0.4, -0.2) is 39.0 Å². The molecule has 8 nitrogen and oxygen atoms in total. The average molecular weight is 411 g/mol. The molecule has 27 heavy (non-hydrogen) atoms. The normalized spacial score (nSPS) is 12.8. The first-order valence-corrected chi connectivity index (χ1v) is 10.7. The van der Waals surface area contributed by atoms with E-state index in [-0.39, 0.29) is 23.3 Å². The van der Waals surface area contributed by atoms with Gasteiger partial charge in [-0.3, -0.25) is 9.36 Å². The first kappa shape index (κ1) is 19.7. The molecule has 1 aliphatic carbocycles. The van der Waals surface area contributed by atoms with Crippen molar-refractivity contribution < 1.29 is 14.3 Å². The quantitative estimate of drug-likeness (QED) is 0.511. The summed E-state index contributed by atoms with van der Waals surface area (Å²) in [6.45, 7) is 4.57. The van der Waals surface area contributed by atoms with Crippen LogP contribution in [0.2, 0.25) is 0 Å². The lowest BCUT2D eigenvalue weighted by atomic mass is 10.1. The second-order valence-corrected chi connectivity index (χ2v) is 8.13. The van der Waals surface area contributed by atoms with E-state index in [9.17, 15) is 14.4 Å². The van der Waals surface area contributed by atoms with Gasteiger partial charge in [-0.15, -0.1) is 16.4 Å². The number of rotatable bonds is 8. The largest absolute Gasteiger partial charge is 0.462 e. The van der Waals surface area contributed by atoms with Crippen molar-refractivity contribution in [1.82, 2.24) is 14.8 Å². The molecular weight excluding hydrogens is 388 g/mol. The molecule has 0 saturated carbocycles. The van der Waals surface area contributed by atoms with Crippen molar-refractivity contribution in [2.75, 3.05) is 17.7 Å². The van der Waals surface area contributed by atoms with Gasteiger partial charge in [0.25, 0.3) is 0 Å². The molecule has 0 fully saturated rings. The van der Waals surface area contributed by atoms with Crippen LogP contribution < -0.4 is 11.0 Å². The number of H-pyrrole nitrogens is 1. The number of aryl methyl sites for hydroxylation is 1. The maximum atomic E-state index is 12.4. The Morgan fingerprint density at radius 1 is 1.37 bits per heavy atom. The summed E-state index contributed by atoms with van der Waals surface area (Å²) >= 11 is 2.64. The second-order valence-electron chi connectivity index (χ2n) is 6.08. The fourth-order valence-corrected chi connectivity index (χ4v) is 5.10. The third kappa shape index (κ3) is 4.27. The fraction of sp³-hybridized carbons (Fsp3) is 0.529. The third-order valence-electron chi connectivity index (χ3n) is 4.16. The molecule has 0 unspecified atom stereocenters. The number of esters is 1. The number of hydrogen-bond donors (Lipinski definition) is 2. The maximum absolute atomic E-state index is 12.4. The zero-order valence-corrected chi connectivity index (χ0v) is 16.9. The summed E-state index contributed by atoms with van der Waals surface area (Å²) in [5.74, 6) is -0.535. The monoisotopic (exact) mass is 410 g/mol. The van der Waals surface area contributed by atoms with Crippen molar-refractivity contribution in [3.8, 4) is 0 Å². The zero-order chi connectivity index (χ0) is 19.4. The zero-order valence-electron chi connectivity index (χ0n) is 15.3. The predicted octanol–water partition coefficient (Wildman–Crippen LogP) is 2.44. The topological polar surface area (TPSA) is 106 Å². The summed E-state index contributed by atoms with van der Waals surface area (Å²) in [4.78, 5) is 37.6. The van der Waals surface area contributed by atoms with Crippen LogP contribution in [0, 0.1) is 0 Å². The van der Waals surface area contributed by atoms with E-state index >= 15 is 0 Å². The van der Waals surface area contributed by atoms with Gasteiger partial charge in [-0.25, -0.2) is 14.7 Å². The minimum absolute atomic E-state index is 0.0961. The van der Waals surface area contributed by atoms with Crippen LogP contribution in [0.5, 0.6) is 0 Å². The first-order valence-electron chi connectivity index (χ1n) is 8.94. The van der Waals surface area contributed by atoms with Gasteiger partial charge in [0.05, 0.1) is 17.9 Å². The van der Waals surface area contributed by atoms with Crippen molar-refractivity contribution >= 4 is 40.0 Å². The van der Waals surface area contributed by atoms with Crippen LogP contribution in [0.3, 0.4) is 0 Å². The Morgan fingerprint density at radius 3 is 2.93 bits per heavy atom. The van der Waals surface area contributed by atoms with Gasteiger partial charge in [0.2, 0.25) is 5.91 Å². The fourth-order valence-electron chi connectivity index (χ4n) is 3.04. The Balaban J connectivity index is 1.70. The van der Waals surface area contributed by atoms with Crippen molar-refractivity contribution in [3.63, 3.8) is 0 Å². The molecule has 0 radical (unpaired) electrons. The molecule has 0 saturated heterocycles. The minimum atomic E-state index is -0.385. The van der Waals surface area contributed by atoms with Gasteiger partial charge < -0.3 is 10.1 Å². The van der Waals surface area contributed by atoms with Gasteiger partial charge in [0, 0.05) is 11.4 Å². The van der Waals surface area contributed by atoms with E-state index < -0.39 is 0 Å². The number of hydrogen-bond acceptors (Lipinski definition) is 7. The number of nitrogens with zero attached hydrogens (tertiary/aromatic N) is 2. The molecule has 10 heteroatoms. The Labute approximate surface area is 164 Å². The number of thiophene rings is 1. The summed E-state index contributed by atoms with van der Waals surface area (Å²) in [5.41, 5.74) is 1.22. The van der Waals surface area contributed by atoms with Gasteiger partial charge in [0.15, 0.2) is 5.16 Å². The molecule has 0 bridgehead atoms. The van der Waals surface area contributed by atoms with Gasteiger partial charge in [-0.2, -0.15) is 0 Å². The molecule has 0 spiro atoms. The van der Waals surface area contributed by atoms with Crippen molar-refractivity contribution in [2.24, 2.45) is 0 Å². The second kappa shape index (κ2) is 8.75. The smallest absolute Gasteiger partial charge is 0.343 e. The molecule has 0 aliphatic heterocycles. The van der Waals surface area contributed by atoms with E-state index in [1.165, 1.54) is 27.7 Å². The highest BCUT2D eigenvalue weighted by Crippen LogP contribution is 2.39. The van der Waals surface area contributed by atoms with Crippen molar-refractivity contribution in [1.29, 1.82) is 0 Å². The van der Waals surface area contributed by atoms with Crippen LogP contribution in [-0.2, 0) is 28.9 Å². The summed E-state index contributed by atoms with van der Waals surface area (Å²) in [7, 11) is 0. The number of ether oxygens (including phenoxy) is 1. The Hall–Kier alpha value is -2.07. The van der Waals surface area contributed by atoms with Gasteiger partial charge in [-0.05, 0) is 38.2 Å². The highest BCUT2D eigenvalue weighted by Gasteiger charge is 2.28. The summed E-state index contributed by atoms with van der Waals surface area (Å²) in [5, 5.41) is 10.2. The molecule has 2 aromatic rings. The molecule has 0 aromatic carbocycles. The van der Waals surface area contributed by atoms with Crippen molar-refractivity contribution in [2.45, 2.75) is 51.2 Å². The molecule has 2 N–H and O–H groups in total. The highest BCUT2D eigenvalue weighted by atomic mass is 32.2. The standard InChI is InChI=1S/C17H22N4O4S2/c1-3-8-21-16(24)19-20-17(21)26-9-12(22)18-14-13(15(23)25-4-2)10-6-5-7-11(10)27-14/h3-9H2,1-2H3,(H,18,22)(H,19,24).